The van der Waals surface area contributed by atoms with Crippen molar-refractivity contribution in [2.24, 2.45) is 7.05 Å². The molecule has 36 heavy (non-hydrogen) atoms. The second kappa shape index (κ2) is 10.0. The van der Waals surface area contributed by atoms with Gasteiger partial charge in [0.05, 0.1) is 11.1 Å². The number of aliphatic hydroxyl groups excluding tert-OH is 1. The van der Waals surface area contributed by atoms with E-state index in [2.05, 4.69) is 27.2 Å². The van der Waals surface area contributed by atoms with E-state index in [1.54, 1.807) is 26.0 Å². The van der Waals surface area contributed by atoms with E-state index in [4.69, 9.17) is 5.73 Å². The molecule has 0 radical (unpaired) electrons. The van der Waals surface area contributed by atoms with Gasteiger partial charge in [0.25, 0.3) is 11.8 Å². The maximum absolute atomic E-state index is 12.4. The van der Waals surface area contributed by atoms with Crippen LogP contribution >= 0.6 is 0 Å². The number of carbonyl (C=O) groups is 2. The van der Waals surface area contributed by atoms with Gasteiger partial charge in [0.15, 0.2) is 0 Å². The maximum Gasteiger partial charge on any atom is 0.253 e. The molecule has 0 aliphatic heterocycles. The number of anilines is 2. The summed E-state index contributed by atoms with van der Waals surface area (Å²) in [7, 11) is 1.90. The molecule has 0 bridgehead atoms. The fraction of sp³-hybridized carbons (Fsp3) is 0.185. The van der Waals surface area contributed by atoms with Crippen molar-refractivity contribution in [3.8, 4) is 22.4 Å². The molecule has 0 spiro atoms. The summed E-state index contributed by atoms with van der Waals surface area (Å²) in [6, 6.07) is 14.5. The van der Waals surface area contributed by atoms with Gasteiger partial charge in [0, 0.05) is 29.4 Å². The van der Waals surface area contributed by atoms with Crippen molar-refractivity contribution in [2.75, 3.05) is 11.1 Å². The molecule has 0 aliphatic rings. The minimum Gasteiger partial charge on any atom is -0.383 e. The van der Waals surface area contributed by atoms with E-state index in [1.165, 1.54) is 6.33 Å². The summed E-state index contributed by atoms with van der Waals surface area (Å²) >= 11 is 0. The van der Waals surface area contributed by atoms with Gasteiger partial charge >= 0.3 is 0 Å². The van der Waals surface area contributed by atoms with Crippen molar-refractivity contribution < 1.29 is 14.7 Å². The smallest absolute Gasteiger partial charge is 0.253 e. The van der Waals surface area contributed by atoms with Crippen LogP contribution in [0.3, 0.4) is 0 Å². The number of nitrogens with one attached hydrogen (secondary N) is 2. The number of hydrogen-bond acceptors (Lipinski definition) is 6. The predicted molar refractivity (Wildman–Crippen MR) is 141 cm³/mol. The third-order valence-electron chi connectivity index (χ3n) is 5.92. The van der Waals surface area contributed by atoms with Crippen LogP contribution in [0.25, 0.3) is 33.4 Å². The first-order valence-electron chi connectivity index (χ1n) is 11.5. The molecule has 2 aromatic heterocycles. The Hall–Kier alpha value is -4.50. The van der Waals surface area contributed by atoms with Crippen molar-refractivity contribution in [1.82, 2.24) is 19.9 Å². The number of nitrogens with zero attached hydrogens (tertiary/aromatic N) is 3. The highest BCUT2D eigenvalue weighted by molar-refractivity contribution is 6.08. The zero-order chi connectivity index (χ0) is 26.0. The average molecular weight is 485 g/mol. The number of hydrogen-bond donors (Lipinski definition) is 4. The van der Waals surface area contributed by atoms with Crippen molar-refractivity contribution in [3.63, 3.8) is 0 Å². The molecular formula is C27H28N6O3. The van der Waals surface area contributed by atoms with Gasteiger partial charge in [0.2, 0.25) is 0 Å². The van der Waals surface area contributed by atoms with Gasteiger partial charge in [-0.3, -0.25) is 9.59 Å². The number of benzene rings is 2. The third-order valence-corrected chi connectivity index (χ3v) is 5.92. The first kappa shape index (κ1) is 24.6. The number of nitrogen functional groups attached to an aromatic ring is 1. The number of amides is 2. The largest absolute Gasteiger partial charge is 0.383 e. The quantitative estimate of drug-likeness (QED) is 0.232. The minimum atomic E-state index is -0.901. The Kier molecular flexibility index (Phi) is 6.84. The van der Waals surface area contributed by atoms with Crippen LogP contribution < -0.4 is 16.4 Å². The van der Waals surface area contributed by atoms with Crippen LogP contribution in [0, 0.1) is 0 Å². The SMILES string of the molecule is C=C(C)C(=O)Nc1ccc(-c2c(-c3ccc(C(=O)NC(O)CC)cc3)c3c(N)ncnc3n2C)cc1. The Morgan fingerprint density at radius 1 is 1.08 bits per heavy atom. The van der Waals surface area contributed by atoms with E-state index in [0.29, 0.717) is 40.1 Å². The monoisotopic (exact) mass is 484 g/mol. The van der Waals surface area contributed by atoms with Gasteiger partial charge in [-0.15, -0.1) is 0 Å². The van der Waals surface area contributed by atoms with Gasteiger partial charge in [-0.25, -0.2) is 9.97 Å². The molecule has 184 valence electrons. The fourth-order valence-electron chi connectivity index (χ4n) is 3.97. The molecule has 4 rings (SSSR count). The van der Waals surface area contributed by atoms with Gasteiger partial charge in [0.1, 0.15) is 24.0 Å². The molecule has 9 nitrogen and oxygen atoms in total. The summed E-state index contributed by atoms with van der Waals surface area (Å²) in [4.78, 5) is 33.1. The Bertz CT molecular complexity index is 1460. The van der Waals surface area contributed by atoms with E-state index in [-0.39, 0.29) is 11.8 Å². The zero-order valence-electron chi connectivity index (χ0n) is 20.4. The number of aliphatic hydroxyl groups is 1. The topological polar surface area (TPSA) is 135 Å². The highest BCUT2D eigenvalue weighted by Crippen LogP contribution is 2.41. The summed E-state index contributed by atoms with van der Waals surface area (Å²) in [5.74, 6) is -0.258. The standard InChI is InChI=1S/C27H28N6O3/c1-5-20(34)32-27(36)18-8-6-16(7-9-18)21-22-24(28)29-14-30-25(22)33(4)23(21)17-10-12-19(13-11-17)31-26(35)15(2)3/h6-14,20,34H,2,5H2,1,3-4H3,(H,31,35)(H,32,36)(H2,28,29,30). The van der Waals surface area contributed by atoms with Crippen LogP contribution in [0.1, 0.15) is 30.6 Å². The van der Waals surface area contributed by atoms with E-state index in [9.17, 15) is 14.7 Å². The zero-order valence-corrected chi connectivity index (χ0v) is 20.4. The lowest BCUT2D eigenvalue weighted by Crippen LogP contribution is -2.33. The second-order valence-electron chi connectivity index (χ2n) is 8.53. The normalized spacial score (nSPS) is 11.8. The minimum absolute atomic E-state index is 0.244. The molecule has 1 atom stereocenters. The van der Waals surface area contributed by atoms with Crippen molar-refractivity contribution in [1.29, 1.82) is 0 Å². The van der Waals surface area contributed by atoms with Crippen LogP contribution in [0.15, 0.2) is 67.0 Å². The van der Waals surface area contributed by atoms with Crippen LogP contribution in [0.2, 0.25) is 0 Å². The lowest BCUT2D eigenvalue weighted by molar-refractivity contribution is -0.112. The fourth-order valence-corrected chi connectivity index (χ4v) is 3.97. The third kappa shape index (κ3) is 4.69. The molecule has 5 N–H and O–H groups in total. The molecule has 2 heterocycles. The van der Waals surface area contributed by atoms with Gasteiger partial charge in [-0.05, 0) is 48.7 Å². The Labute approximate surface area is 208 Å². The number of aromatic nitrogens is 3. The molecule has 0 saturated heterocycles. The lowest BCUT2D eigenvalue weighted by Gasteiger charge is -2.12. The van der Waals surface area contributed by atoms with Crippen molar-refractivity contribution >= 4 is 34.4 Å². The summed E-state index contributed by atoms with van der Waals surface area (Å²) in [6.07, 6.45) is 0.938. The number of rotatable bonds is 7. The summed E-state index contributed by atoms with van der Waals surface area (Å²) in [5, 5.41) is 15.8. The molecule has 4 aromatic rings. The average Bonchev–Trinajstić information content (AvgIpc) is 3.17. The van der Waals surface area contributed by atoms with Crippen LogP contribution in [0.4, 0.5) is 11.5 Å². The van der Waals surface area contributed by atoms with Crippen molar-refractivity contribution in [2.45, 2.75) is 26.5 Å². The first-order valence-corrected chi connectivity index (χ1v) is 11.5. The lowest BCUT2D eigenvalue weighted by atomic mass is 9.97. The molecule has 0 saturated carbocycles. The molecule has 2 amide bonds. The van der Waals surface area contributed by atoms with Crippen LogP contribution in [0.5, 0.6) is 0 Å². The molecule has 0 fully saturated rings. The van der Waals surface area contributed by atoms with E-state index in [1.807, 2.05) is 48.0 Å². The van der Waals surface area contributed by atoms with E-state index >= 15 is 0 Å². The summed E-state index contributed by atoms with van der Waals surface area (Å²) in [5.41, 5.74) is 11.8. The summed E-state index contributed by atoms with van der Waals surface area (Å²) in [6.45, 7) is 7.10. The van der Waals surface area contributed by atoms with Crippen LogP contribution in [-0.2, 0) is 11.8 Å². The second-order valence-corrected chi connectivity index (χ2v) is 8.53. The molecule has 9 heteroatoms. The summed E-state index contributed by atoms with van der Waals surface area (Å²) < 4.78 is 1.95. The van der Waals surface area contributed by atoms with E-state index < -0.39 is 6.23 Å². The molecule has 1 unspecified atom stereocenters. The number of carbonyl (C=O) groups excluding carboxylic acids is 2. The first-order chi connectivity index (χ1) is 17.2. The number of aryl methyl sites for hydroxylation is 1. The Morgan fingerprint density at radius 2 is 1.72 bits per heavy atom. The van der Waals surface area contributed by atoms with Gasteiger partial charge in [-0.2, -0.15) is 0 Å². The van der Waals surface area contributed by atoms with Gasteiger partial charge < -0.3 is 26.0 Å². The number of fused-ring (bicyclic) bond motifs is 1. The Morgan fingerprint density at radius 3 is 2.33 bits per heavy atom. The Balaban J connectivity index is 1.80. The molecule has 2 aromatic carbocycles. The maximum atomic E-state index is 12.4. The molecular weight excluding hydrogens is 456 g/mol. The van der Waals surface area contributed by atoms with Gasteiger partial charge in [-0.1, -0.05) is 37.8 Å². The predicted octanol–water partition coefficient (Wildman–Crippen LogP) is 3.86. The highest BCUT2D eigenvalue weighted by Gasteiger charge is 2.22. The number of nitrogens with two attached hydrogens (primary N) is 1. The molecule has 0 aliphatic carbocycles. The van der Waals surface area contributed by atoms with E-state index in [0.717, 1.165) is 22.4 Å². The van der Waals surface area contributed by atoms with Crippen molar-refractivity contribution in [3.05, 3.63) is 72.6 Å². The van der Waals surface area contributed by atoms with Crippen LogP contribution in [-0.4, -0.2) is 37.7 Å². The highest BCUT2D eigenvalue weighted by atomic mass is 16.3.